The van der Waals surface area contributed by atoms with Crippen molar-refractivity contribution in [2.45, 2.75) is 70.9 Å². The standard InChI is InChI=1S/C33H42N4O6S/c1-21-11-6-7-13-24(21)30(38)35-27-16-17-29(26-15-9-8-14-25(26)27)44(41,42)36-22(2)23-12-10-18-37(20-23)31(39)28(43-32(34)40)19-33(3,4)5/h6-9,11,13-17,22-23,28,36H,10,12,18-20H2,1-5H3,(H2,34,40)(H,35,38). The number of piperidine rings is 1. The van der Waals surface area contributed by atoms with Crippen molar-refractivity contribution in [2.24, 2.45) is 17.1 Å². The molecule has 1 aliphatic rings. The van der Waals surface area contributed by atoms with Gasteiger partial charge in [-0.15, -0.1) is 0 Å². The van der Waals surface area contributed by atoms with E-state index >= 15 is 0 Å². The number of sulfonamides is 1. The Kier molecular flexibility index (Phi) is 10.00. The zero-order valence-corrected chi connectivity index (χ0v) is 26.7. The smallest absolute Gasteiger partial charge is 0.405 e. The number of rotatable bonds is 9. The van der Waals surface area contributed by atoms with Crippen LogP contribution in [0.5, 0.6) is 0 Å². The third-order valence-electron chi connectivity index (χ3n) is 7.96. The number of carbonyl (C=O) groups excluding carboxylic acids is 3. The third kappa shape index (κ3) is 7.95. The fourth-order valence-electron chi connectivity index (χ4n) is 5.73. The highest BCUT2D eigenvalue weighted by Crippen LogP contribution is 2.31. The van der Waals surface area contributed by atoms with Gasteiger partial charge in [-0.1, -0.05) is 63.2 Å². The fourth-order valence-corrected chi connectivity index (χ4v) is 7.26. The van der Waals surface area contributed by atoms with Gasteiger partial charge >= 0.3 is 6.09 Å². The van der Waals surface area contributed by atoms with Gasteiger partial charge in [0.05, 0.1) is 4.90 Å². The topological polar surface area (TPSA) is 148 Å². The molecule has 3 amide bonds. The Morgan fingerprint density at radius 1 is 1.02 bits per heavy atom. The SMILES string of the molecule is Cc1ccccc1C(=O)Nc1ccc(S(=O)(=O)NC(C)C2CCCN(C(=O)C(CC(C)(C)C)OC(N)=O)C2)c2ccccc12. The van der Waals surface area contributed by atoms with Gasteiger partial charge in [0.15, 0.2) is 6.10 Å². The highest BCUT2D eigenvalue weighted by molar-refractivity contribution is 7.89. The van der Waals surface area contributed by atoms with Gasteiger partial charge in [-0.3, -0.25) is 9.59 Å². The minimum atomic E-state index is -3.99. The third-order valence-corrected chi connectivity index (χ3v) is 9.58. The summed E-state index contributed by atoms with van der Waals surface area (Å²) in [7, 11) is -3.99. The maximum atomic E-state index is 13.8. The van der Waals surface area contributed by atoms with E-state index < -0.39 is 28.3 Å². The van der Waals surface area contributed by atoms with E-state index in [0.717, 1.165) is 12.0 Å². The number of fused-ring (bicyclic) bond motifs is 1. The first-order valence-electron chi connectivity index (χ1n) is 14.8. The molecule has 3 aromatic rings. The van der Waals surface area contributed by atoms with Crippen molar-refractivity contribution in [2.75, 3.05) is 18.4 Å². The number of primary amides is 1. The van der Waals surface area contributed by atoms with Crippen LogP contribution in [0.25, 0.3) is 10.8 Å². The minimum Gasteiger partial charge on any atom is -0.436 e. The lowest BCUT2D eigenvalue weighted by molar-refractivity contribution is -0.143. The monoisotopic (exact) mass is 622 g/mol. The molecule has 3 aromatic carbocycles. The highest BCUT2D eigenvalue weighted by atomic mass is 32.2. The molecule has 0 bridgehead atoms. The molecule has 0 spiro atoms. The summed E-state index contributed by atoms with van der Waals surface area (Å²) in [6.07, 6.45) is -0.296. The first-order valence-corrected chi connectivity index (χ1v) is 16.3. The highest BCUT2D eigenvalue weighted by Gasteiger charge is 2.36. The van der Waals surface area contributed by atoms with Gasteiger partial charge in [0.2, 0.25) is 10.0 Å². The molecule has 10 nitrogen and oxygen atoms in total. The van der Waals surface area contributed by atoms with Crippen molar-refractivity contribution in [3.8, 4) is 0 Å². The van der Waals surface area contributed by atoms with Crippen LogP contribution < -0.4 is 15.8 Å². The summed E-state index contributed by atoms with van der Waals surface area (Å²) >= 11 is 0. The average molecular weight is 623 g/mol. The van der Waals surface area contributed by atoms with Crippen LogP contribution in [0.1, 0.15) is 62.9 Å². The first kappa shape index (κ1) is 32.9. The Labute approximate surface area is 259 Å². The van der Waals surface area contributed by atoms with Crippen LogP contribution in [0, 0.1) is 18.3 Å². The van der Waals surface area contributed by atoms with E-state index in [2.05, 4.69) is 10.0 Å². The zero-order valence-electron chi connectivity index (χ0n) is 25.9. The fraction of sp³-hybridized carbons (Fsp3) is 0.424. The molecular formula is C33H42N4O6S. The number of carbonyl (C=O) groups is 3. The van der Waals surface area contributed by atoms with Crippen molar-refractivity contribution >= 4 is 44.4 Å². The van der Waals surface area contributed by atoms with Gasteiger partial charge in [-0.25, -0.2) is 17.9 Å². The number of hydrogen-bond acceptors (Lipinski definition) is 6. The van der Waals surface area contributed by atoms with Crippen molar-refractivity contribution in [3.05, 3.63) is 71.8 Å². The van der Waals surface area contributed by atoms with Crippen LogP contribution in [0.2, 0.25) is 0 Å². The van der Waals surface area contributed by atoms with Crippen LogP contribution in [0.3, 0.4) is 0 Å². The summed E-state index contributed by atoms with van der Waals surface area (Å²) < 4.78 is 35.5. The largest absolute Gasteiger partial charge is 0.436 e. The van der Waals surface area contributed by atoms with Crippen LogP contribution in [0.4, 0.5) is 10.5 Å². The molecule has 1 fully saturated rings. The molecule has 0 saturated carbocycles. The van der Waals surface area contributed by atoms with Gasteiger partial charge in [-0.05, 0) is 68.2 Å². The van der Waals surface area contributed by atoms with Crippen LogP contribution in [0.15, 0.2) is 65.6 Å². The molecule has 0 aliphatic carbocycles. The average Bonchev–Trinajstić information content (AvgIpc) is 2.95. The number of ether oxygens (including phenoxy) is 1. The number of benzene rings is 3. The van der Waals surface area contributed by atoms with E-state index in [4.69, 9.17) is 10.5 Å². The van der Waals surface area contributed by atoms with Crippen molar-refractivity contribution in [1.82, 2.24) is 9.62 Å². The molecule has 1 heterocycles. The van der Waals surface area contributed by atoms with E-state index in [1.807, 2.05) is 39.8 Å². The number of hydrogen-bond donors (Lipinski definition) is 3. The first-order chi connectivity index (χ1) is 20.7. The van der Waals surface area contributed by atoms with E-state index in [9.17, 15) is 22.8 Å². The lowest BCUT2D eigenvalue weighted by Gasteiger charge is -2.38. The second-order valence-electron chi connectivity index (χ2n) is 12.7. The number of aryl methyl sites for hydroxylation is 1. The number of likely N-dealkylation sites (tertiary alicyclic amines) is 1. The summed E-state index contributed by atoms with van der Waals surface area (Å²) in [5.74, 6) is -0.768. The molecule has 3 atom stereocenters. The maximum Gasteiger partial charge on any atom is 0.405 e. The normalized spacial score (nSPS) is 17.1. The number of nitrogens with one attached hydrogen (secondary N) is 2. The Bertz CT molecular complexity index is 1650. The predicted octanol–water partition coefficient (Wildman–Crippen LogP) is 5.21. The molecule has 4 rings (SSSR count). The van der Waals surface area contributed by atoms with E-state index in [-0.39, 0.29) is 28.0 Å². The molecule has 0 aromatic heterocycles. The van der Waals surface area contributed by atoms with Crippen molar-refractivity contribution in [1.29, 1.82) is 0 Å². The lowest BCUT2D eigenvalue weighted by Crippen LogP contribution is -2.51. The van der Waals surface area contributed by atoms with Gasteiger partial charge in [0.25, 0.3) is 11.8 Å². The maximum absolute atomic E-state index is 13.8. The summed E-state index contributed by atoms with van der Waals surface area (Å²) in [6, 6.07) is 16.9. The molecule has 236 valence electrons. The molecular weight excluding hydrogens is 580 g/mol. The van der Waals surface area contributed by atoms with Gasteiger partial charge in [0, 0.05) is 41.2 Å². The van der Waals surface area contributed by atoms with Crippen LogP contribution in [-0.4, -0.2) is 56.5 Å². The molecule has 4 N–H and O–H groups in total. The zero-order chi connectivity index (χ0) is 32.2. The minimum absolute atomic E-state index is 0.0951. The number of nitrogens with zero attached hydrogens (tertiary/aromatic N) is 1. The second kappa shape index (κ2) is 13.4. The van der Waals surface area contributed by atoms with Gasteiger partial charge < -0.3 is 20.7 Å². The quantitative estimate of drug-likeness (QED) is 0.299. The number of nitrogens with two attached hydrogens (primary N) is 1. The van der Waals surface area contributed by atoms with E-state index in [0.29, 0.717) is 48.0 Å². The molecule has 1 saturated heterocycles. The Hall–Kier alpha value is -3.96. The Balaban J connectivity index is 1.52. The van der Waals surface area contributed by atoms with Crippen molar-refractivity contribution < 1.29 is 27.5 Å². The Morgan fingerprint density at radius 2 is 1.68 bits per heavy atom. The Morgan fingerprint density at radius 3 is 2.34 bits per heavy atom. The lowest BCUT2D eigenvalue weighted by atomic mass is 9.87. The predicted molar refractivity (Wildman–Crippen MR) is 171 cm³/mol. The van der Waals surface area contributed by atoms with Gasteiger partial charge in [-0.2, -0.15) is 0 Å². The molecule has 1 aliphatic heterocycles. The summed E-state index contributed by atoms with van der Waals surface area (Å²) in [5.41, 5.74) is 6.85. The molecule has 0 radical (unpaired) electrons. The summed E-state index contributed by atoms with van der Waals surface area (Å²) in [5, 5.41) is 4.00. The van der Waals surface area contributed by atoms with Crippen LogP contribution >= 0.6 is 0 Å². The van der Waals surface area contributed by atoms with Gasteiger partial charge in [0.1, 0.15) is 0 Å². The number of amides is 3. The molecule has 3 unspecified atom stereocenters. The van der Waals surface area contributed by atoms with E-state index in [1.54, 1.807) is 54.3 Å². The molecule has 11 heteroatoms. The summed E-state index contributed by atoms with van der Waals surface area (Å²) in [4.78, 5) is 39.7. The second-order valence-corrected chi connectivity index (χ2v) is 14.4. The summed E-state index contributed by atoms with van der Waals surface area (Å²) in [6.45, 7) is 10.3. The molecule has 44 heavy (non-hydrogen) atoms. The van der Waals surface area contributed by atoms with Crippen molar-refractivity contribution in [3.63, 3.8) is 0 Å². The van der Waals surface area contributed by atoms with Crippen LogP contribution in [-0.2, 0) is 19.6 Å². The number of anilines is 1. The van der Waals surface area contributed by atoms with E-state index in [1.165, 1.54) is 6.07 Å².